The van der Waals surface area contributed by atoms with E-state index in [-0.39, 0.29) is 6.54 Å². The van der Waals surface area contributed by atoms with E-state index in [0.717, 1.165) is 36.6 Å². The molecule has 152 valence electrons. The lowest BCUT2D eigenvalue weighted by molar-refractivity contribution is -0.140. The Balaban J connectivity index is 1.84. The van der Waals surface area contributed by atoms with Gasteiger partial charge in [0.2, 0.25) is 0 Å². The average Bonchev–Trinajstić information content (AvgIpc) is 2.97. The van der Waals surface area contributed by atoms with E-state index in [1.807, 2.05) is 6.07 Å². The van der Waals surface area contributed by atoms with Gasteiger partial charge in [0, 0.05) is 24.8 Å². The lowest BCUT2D eigenvalue weighted by atomic mass is 9.97. The van der Waals surface area contributed by atoms with Crippen molar-refractivity contribution in [1.82, 2.24) is 14.9 Å². The van der Waals surface area contributed by atoms with Crippen molar-refractivity contribution in [2.24, 2.45) is 0 Å². The summed E-state index contributed by atoms with van der Waals surface area (Å²) in [5.41, 5.74) is 1.05. The molecule has 5 nitrogen and oxygen atoms in total. The van der Waals surface area contributed by atoms with E-state index in [1.54, 1.807) is 37.5 Å². The van der Waals surface area contributed by atoms with Crippen molar-refractivity contribution in [2.75, 3.05) is 0 Å². The molecular weight excluding hydrogens is 371 g/mol. The molecule has 1 aromatic heterocycles. The highest BCUT2D eigenvalue weighted by molar-refractivity contribution is 5.68. The number of imidazole rings is 1. The summed E-state index contributed by atoms with van der Waals surface area (Å²) in [6, 6.07) is 5.50. The molecule has 2 aromatic rings. The number of hydrogen-bond acceptors (Lipinski definition) is 3. The smallest absolute Gasteiger partial charge is 0.434 e. The SMILES string of the molecule is CC(C)(C)OC(=O)NCc1ccc2c(c1)CCCCn1cc(C(F)(F)F)nc1-2. The Kier molecular flexibility index (Phi) is 5.41. The molecule has 1 N–H and O–H groups in total. The molecule has 0 fully saturated rings. The molecule has 8 heteroatoms. The van der Waals surface area contributed by atoms with Crippen LogP contribution in [0.2, 0.25) is 0 Å². The molecule has 0 saturated heterocycles. The van der Waals surface area contributed by atoms with Gasteiger partial charge in [-0.15, -0.1) is 0 Å². The molecule has 0 bridgehead atoms. The van der Waals surface area contributed by atoms with E-state index in [2.05, 4.69) is 10.3 Å². The second kappa shape index (κ2) is 7.48. The first-order valence-corrected chi connectivity index (χ1v) is 9.26. The number of aromatic nitrogens is 2. The van der Waals surface area contributed by atoms with Crippen LogP contribution < -0.4 is 5.32 Å². The summed E-state index contributed by atoms with van der Waals surface area (Å²) >= 11 is 0. The summed E-state index contributed by atoms with van der Waals surface area (Å²) in [5, 5.41) is 2.70. The van der Waals surface area contributed by atoms with E-state index in [9.17, 15) is 18.0 Å². The predicted molar refractivity (Wildman–Crippen MR) is 98.7 cm³/mol. The van der Waals surface area contributed by atoms with Gasteiger partial charge in [-0.1, -0.05) is 18.2 Å². The Morgan fingerprint density at radius 1 is 1.25 bits per heavy atom. The molecule has 0 saturated carbocycles. The van der Waals surface area contributed by atoms with Crippen molar-refractivity contribution in [3.8, 4) is 11.4 Å². The van der Waals surface area contributed by atoms with Crippen LogP contribution in [0.1, 0.15) is 50.4 Å². The topological polar surface area (TPSA) is 56.1 Å². The normalized spacial score (nSPS) is 14.5. The number of halogens is 3. The second-order valence-corrected chi connectivity index (χ2v) is 7.94. The van der Waals surface area contributed by atoms with Gasteiger partial charge >= 0.3 is 12.3 Å². The quantitative estimate of drug-likeness (QED) is 0.784. The molecule has 1 amide bonds. The Bertz CT molecular complexity index is 867. The molecule has 0 aliphatic carbocycles. The van der Waals surface area contributed by atoms with Crippen molar-refractivity contribution in [3.05, 3.63) is 41.2 Å². The third-order valence-corrected chi connectivity index (χ3v) is 4.41. The van der Waals surface area contributed by atoms with E-state index in [1.165, 1.54) is 0 Å². The van der Waals surface area contributed by atoms with Crippen LogP contribution in [0, 0.1) is 0 Å². The molecule has 2 heterocycles. The zero-order valence-electron chi connectivity index (χ0n) is 16.2. The number of carbonyl (C=O) groups is 1. The number of nitrogens with zero attached hydrogens (tertiary/aromatic N) is 2. The molecule has 1 aromatic carbocycles. The molecule has 1 aliphatic heterocycles. The maximum absolute atomic E-state index is 13.1. The van der Waals surface area contributed by atoms with Crippen molar-refractivity contribution >= 4 is 6.09 Å². The van der Waals surface area contributed by atoms with Crippen LogP contribution in [-0.2, 0) is 30.4 Å². The van der Waals surface area contributed by atoms with Gasteiger partial charge in [-0.2, -0.15) is 13.2 Å². The van der Waals surface area contributed by atoms with Gasteiger partial charge in [0.25, 0.3) is 0 Å². The maximum Gasteiger partial charge on any atom is 0.434 e. The summed E-state index contributed by atoms with van der Waals surface area (Å²) in [6.07, 6.45) is -1.49. The van der Waals surface area contributed by atoms with Gasteiger partial charge in [0.1, 0.15) is 11.4 Å². The van der Waals surface area contributed by atoms with Crippen molar-refractivity contribution in [2.45, 2.75) is 64.9 Å². The number of ether oxygens (including phenoxy) is 1. The Hall–Kier alpha value is -2.51. The number of fused-ring (bicyclic) bond motifs is 3. The molecule has 1 aliphatic rings. The third kappa shape index (κ3) is 4.85. The summed E-state index contributed by atoms with van der Waals surface area (Å²) in [6.45, 7) is 6.16. The fourth-order valence-electron chi connectivity index (χ4n) is 3.21. The Labute approximate surface area is 161 Å². The minimum Gasteiger partial charge on any atom is -0.444 e. The van der Waals surface area contributed by atoms with Crippen LogP contribution in [0.25, 0.3) is 11.4 Å². The monoisotopic (exact) mass is 395 g/mol. The first-order chi connectivity index (χ1) is 13.0. The van der Waals surface area contributed by atoms with Gasteiger partial charge in [-0.3, -0.25) is 0 Å². The summed E-state index contributed by atoms with van der Waals surface area (Å²) in [5.74, 6) is 0.341. The molecule has 0 unspecified atom stereocenters. The van der Waals surface area contributed by atoms with Gasteiger partial charge < -0.3 is 14.6 Å². The number of rotatable bonds is 2. The van der Waals surface area contributed by atoms with E-state index >= 15 is 0 Å². The number of benzene rings is 1. The first-order valence-electron chi connectivity index (χ1n) is 9.26. The number of aryl methyl sites for hydroxylation is 2. The van der Waals surface area contributed by atoms with Crippen LogP contribution in [0.15, 0.2) is 24.4 Å². The van der Waals surface area contributed by atoms with E-state index < -0.39 is 23.6 Å². The number of nitrogens with one attached hydrogen (secondary N) is 1. The highest BCUT2D eigenvalue weighted by atomic mass is 19.4. The minimum absolute atomic E-state index is 0.282. The highest BCUT2D eigenvalue weighted by Crippen LogP contribution is 2.34. The minimum atomic E-state index is -4.47. The van der Waals surface area contributed by atoms with Gasteiger partial charge in [0.05, 0.1) is 0 Å². The fourth-order valence-corrected chi connectivity index (χ4v) is 3.21. The van der Waals surface area contributed by atoms with Crippen molar-refractivity contribution < 1.29 is 22.7 Å². The van der Waals surface area contributed by atoms with Gasteiger partial charge in [-0.05, 0) is 51.2 Å². The Morgan fingerprint density at radius 2 is 2.00 bits per heavy atom. The van der Waals surface area contributed by atoms with Crippen LogP contribution in [0.5, 0.6) is 0 Å². The number of carbonyl (C=O) groups excluding carboxylic acids is 1. The number of alkyl carbamates (subject to hydrolysis) is 1. The summed E-state index contributed by atoms with van der Waals surface area (Å²) in [7, 11) is 0. The summed E-state index contributed by atoms with van der Waals surface area (Å²) < 4.78 is 46.1. The zero-order valence-corrected chi connectivity index (χ0v) is 16.2. The number of alkyl halides is 3. The molecule has 3 rings (SSSR count). The van der Waals surface area contributed by atoms with Gasteiger partial charge in [0.15, 0.2) is 5.69 Å². The maximum atomic E-state index is 13.1. The van der Waals surface area contributed by atoms with E-state index in [0.29, 0.717) is 17.9 Å². The third-order valence-electron chi connectivity index (χ3n) is 4.41. The highest BCUT2D eigenvalue weighted by Gasteiger charge is 2.35. The van der Waals surface area contributed by atoms with Crippen LogP contribution in [-0.4, -0.2) is 21.2 Å². The summed E-state index contributed by atoms with van der Waals surface area (Å²) in [4.78, 5) is 15.7. The molecule has 28 heavy (non-hydrogen) atoms. The van der Waals surface area contributed by atoms with Crippen LogP contribution >= 0.6 is 0 Å². The molecule has 0 radical (unpaired) electrons. The molecular formula is C20H24F3N3O2. The zero-order chi connectivity index (χ0) is 20.5. The molecule has 0 atom stereocenters. The number of hydrogen-bond donors (Lipinski definition) is 1. The molecule has 0 spiro atoms. The fraction of sp³-hybridized carbons (Fsp3) is 0.500. The lowest BCUT2D eigenvalue weighted by Gasteiger charge is -2.20. The predicted octanol–water partition coefficient (Wildman–Crippen LogP) is 4.93. The first kappa shape index (κ1) is 20.2. The average molecular weight is 395 g/mol. The van der Waals surface area contributed by atoms with E-state index in [4.69, 9.17) is 4.74 Å². The largest absolute Gasteiger partial charge is 0.444 e. The lowest BCUT2D eigenvalue weighted by Crippen LogP contribution is -2.32. The number of amides is 1. The second-order valence-electron chi connectivity index (χ2n) is 7.94. The van der Waals surface area contributed by atoms with Crippen LogP contribution in [0.4, 0.5) is 18.0 Å². The van der Waals surface area contributed by atoms with Crippen LogP contribution in [0.3, 0.4) is 0 Å². The van der Waals surface area contributed by atoms with Crippen molar-refractivity contribution in [3.63, 3.8) is 0 Å². The van der Waals surface area contributed by atoms with Crippen molar-refractivity contribution in [1.29, 1.82) is 0 Å². The Morgan fingerprint density at radius 3 is 2.68 bits per heavy atom. The van der Waals surface area contributed by atoms with Gasteiger partial charge in [-0.25, -0.2) is 9.78 Å². The standard InChI is InChI=1S/C20H24F3N3O2/c1-19(2,3)28-18(27)24-11-13-7-8-15-14(10-13)6-4-5-9-26-12-16(20(21,22)23)25-17(15)26/h7-8,10,12H,4-6,9,11H2,1-3H3,(H,24,27).